The standard InChI is InChI=1S/C13H21NS/c1-4-13(2,3)14-10-11-15-12-8-6-5-7-9-12/h5-9,14H,4,10-11H2,1-3H3. The van der Waals surface area contributed by atoms with Gasteiger partial charge in [-0.25, -0.2) is 0 Å². The second kappa shape index (κ2) is 6.19. The van der Waals surface area contributed by atoms with E-state index in [0.29, 0.717) is 0 Å². The maximum absolute atomic E-state index is 3.56. The van der Waals surface area contributed by atoms with Crippen molar-refractivity contribution < 1.29 is 0 Å². The monoisotopic (exact) mass is 223 g/mol. The molecule has 1 rings (SSSR count). The SMILES string of the molecule is CCC(C)(C)NCCSc1ccccc1. The number of rotatable bonds is 6. The van der Waals surface area contributed by atoms with Crippen molar-refractivity contribution in [2.75, 3.05) is 12.3 Å². The molecular formula is C13H21NS. The Balaban J connectivity index is 2.18. The van der Waals surface area contributed by atoms with Crippen LogP contribution in [0, 0.1) is 0 Å². The first-order valence-electron chi connectivity index (χ1n) is 5.57. The van der Waals surface area contributed by atoms with Gasteiger partial charge in [-0.15, -0.1) is 11.8 Å². The topological polar surface area (TPSA) is 12.0 Å². The first kappa shape index (κ1) is 12.6. The molecule has 0 radical (unpaired) electrons. The average Bonchev–Trinajstić information content (AvgIpc) is 2.26. The Morgan fingerprint density at radius 2 is 1.87 bits per heavy atom. The molecule has 0 atom stereocenters. The summed E-state index contributed by atoms with van der Waals surface area (Å²) in [6.07, 6.45) is 1.17. The van der Waals surface area contributed by atoms with Gasteiger partial charge in [0.05, 0.1) is 0 Å². The molecular weight excluding hydrogens is 202 g/mol. The van der Waals surface area contributed by atoms with E-state index >= 15 is 0 Å². The summed E-state index contributed by atoms with van der Waals surface area (Å²) in [5.41, 5.74) is 0.275. The second-order valence-electron chi connectivity index (χ2n) is 4.33. The Bertz CT molecular complexity index is 269. The second-order valence-corrected chi connectivity index (χ2v) is 5.49. The molecule has 1 nitrogen and oxygen atoms in total. The number of hydrogen-bond donors (Lipinski definition) is 1. The molecule has 0 aliphatic heterocycles. The summed E-state index contributed by atoms with van der Waals surface area (Å²) in [6, 6.07) is 10.6. The van der Waals surface area contributed by atoms with Crippen LogP contribution in [0.5, 0.6) is 0 Å². The van der Waals surface area contributed by atoms with E-state index in [-0.39, 0.29) is 5.54 Å². The van der Waals surface area contributed by atoms with Crippen LogP contribution >= 0.6 is 11.8 Å². The average molecular weight is 223 g/mol. The van der Waals surface area contributed by atoms with Gasteiger partial charge in [-0.2, -0.15) is 0 Å². The van der Waals surface area contributed by atoms with Gasteiger partial charge in [-0.1, -0.05) is 25.1 Å². The molecule has 1 aromatic rings. The Morgan fingerprint density at radius 3 is 2.47 bits per heavy atom. The zero-order valence-electron chi connectivity index (χ0n) is 9.92. The fraction of sp³-hybridized carbons (Fsp3) is 0.538. The maximum Gasteiger partial charge on any atom is 0.0122 e. The third-order valence-electron chi connectivity index (χ3n) is 2.60. The van der Waals surface area contributed by atoms with E-state index in [0.717, 1.165) is 12.3 Å². The number of thioether (sulfide) groups is 1. The molecule has 0 aliphatic carbocycles. The minimum absolute atomic E-state index is 0.275. The largest absolute Gasteiger partial charge is 0.311 e. The van der Waals surface area contributed by atoms with Crippen molar-refractivity contribution in [2.45, 2.75) is 37.6 Å². The molecule has 0 spiro atoms. The lowest BCUT2D eigenvalue weighted by atomic mass is 10.0. The minimum Gasteiger partial charge on any atom is -0.311 e. The molecule has 1 aromatic carbocycles. The van der Waals surface area contributed by atoms with Crippen molar-refractivity contribution in [3.05, 3.63) is 30.3 Å². The van der Waals surface area contributed by atoms with Gasteiger partial charge in [0.2, 0.25) is 0 Å². The molecule has 15 heavy (non-hydrogen) atoms. The van der Waals surface area contributed by atoms with Crippen LogP contribution in [0.15, 0.2) is 35.2 Å². The third kappa shape index (κ3) is 5.24. The zero-order chi connectivity index (χ0) is 11.1. The minimum atomic E-state index is 0.275. The maximum atomic E-state index is 3.56. The van der Waals surface area contributed by atoms with Crippen LogP contribution in [0.25, 0.3) is 0 Å². The van der Waals surface area contributed by atoms with Crippen LogP contribution in [-0.2, 0) is 0 Å². The normalized spacial score (nSPS) is 11.7. The highest BCUT2D eigenvalue weighted by Gasteiger charge is 2.12. The summed E-state index contributed by atoms with van der Waals surface area (Å²) in [5, 5.41) is 3.56. The van der Waals surface area contributed by atoms with E-state index in [2.05, 4.69) is 56.4 Å². The number of benzene rings is 1. The summed E-state index contributed by atoms with van der Waals surface area (Å²) in [5.74, 6) is 1.13. The summed E-state index contributed by atoms with van der Waals surface area (Å²) in [4.78, 5) is 1.36. The number of hydrogen-bond acceptors (Lipinski definition) is 2. The molecule has 0 aliphatic rings. The van der Waals surface area contributed by atoms with Crippen molar-refractivity contribution in [1.29, 1.82) is 0 Å². The molecule has 1 N–H and O–H groups in total. The van der Waals surface area contributed by atoms with E-state index in [9.17, 15) is 0 Å². The lowest BCUT2D eigenvalue weighted by Crippen LogP contribution is -2.39. The third-order valence-corrected chi connectivity index (χ3v) is 3.62. The fourth-order valence-electron chi connectivity index (χ4n) is 1.20. The van der Waals surface area contributed by atoms with Crippen molar-refractivity contribution in [3.63, 3.8) is 0 Å². The summed E-state index contributed by atoms with van der Waals surface area (Å²) >= 11 is 1.91. The van der Waals surface area contributed by atoms with Gasteiger partial charge >= 0.3 is 0 Å². The van der Waals surface area contributed by atoms with E-state index in [1.54, 1.807) is 0 Å². The molecule has 0 amide bonds. The highest BCUT2D eigenvalue weighted by atomic mass is 32.2. The number of nitrogens with one attached hydrogen (secondary N) is 1. The molecule has 0 bridgehead atoms. The quantitative estimate of drug-likeness (QED) is 0.584. The highest BCUT2D eigenvalue weighted by Crippen LogP contribution is 2.16. The van der Waals surface area contributed by atoms with Crippen LogP contribution in [0.2, 0.25) is 0 Å². The van der Waals surface area contributed by atoms with Crippen LogP contribution in [0.4, 0.5) is 0 Å². The zero-order valence-corrected chi connectivity index (χ0v) is 10.7. The van der Waals surface area contributed by atoms with Gasteiger partial charge < -0.3 is 5.32 Å². The lowest BCUT2D eigenvalue weighted by Gasteiger charge is -2.24. The van der Waals surface area contributed by atoms with E-state index in [1.807, 2.05) is 11.8 Å². The molecule has 2 heteroatoms. The van der Waals surface area contributed by atoms with E-state index in [1.165, 1.54) is 11.3 Å². The van der Waals surface area contributed by atoms with Gasteiger partial charge in [0.15, 0.2) is 0 Å². The first-order valence-corrected chi connectivity index (χ1v) is 6.55. The Labute approximate surface area is 97.7 Å². The van der Waals surface area contributed by atoms with Gasteiger partial charge in [0.25, 0.3) is 0 Å². The van der Waals surface area contributed by atoms with Crippen molar-refractivity contribution in [3.8, 4) is 0 Å². The molecule has 0 heterocycles. The molecule has 0 aromatic heterocycles. The van der Waals surface area contributed by atoms with Crippen LogP contribution in [-0.4, -0.2) is 17.8 Å². The molecule has 0 saturated carbocycles. The van der Waals surface area contributed by atoms with E-state index in [4.69, 9.17) is 0 Å². The smallest absolute Gasteiger partial charge is 0.0122 e. The predicted octanol–water partition coefficient (Wildman–Crippen LogP) is 3.56. The van der Waals surface area contributed by atoms with Crippen LogP contribution in [0.3, 0.4) is 0 Å². The lowest BCUT2D eigenvalue weighted by molar-refractivity contribution is 0.388. The summed E-state index contributed by atoms with van der Waals surface area (Å²) in [7, 11) is 0. The first-order chi connectivity index (χ1) is 7.14. The fourth-order valence-corrected chi connectivity index (χ4v) is 1.99. The highest BCUT2D eigenvalue weighted by molar-refractivity contribution is 7.99. The Kier molecular flexibility index (Phi) is 5.20. The molecule has 0 unspecified atom stereocenters. The molecule has 0 fully saturated rings. The van der Waals surface area contributed by atoms with E-state index < -0.39 is 0 Å². The van der Waals surface area contributed by atoms with Gasteiger partial charge in [-0.3, -0.25) is 0 Å². The van der Waals surface area contributed by atoms with Gasteiger partial charge in [0, 0.05) is 22.7 Å². The van der Waals surface area contributed by atoms with Crippen LogP contribution < -0.4 is 5.32 Å². The Morgan fingerprint density at radius 1 is 1.20 bits per heavy atom. The van der Waals surface area contributed by atoms with Crippen molar-refractivity contribution in [2.24, 2.45) is 0 Å². The molecule has 84 valence electrons. The molecule has 0 saturated heterocycles. The van der Waals surface area contributed by atoms with Crippen LogP contribution in [0.1, 0.15) is 27.2 Å². The predicted molar refractivity (Wildman–Crippen MR) is 69.5 cm³/mol. The van der Waals surface area contributed by atoms with Gasteiger partial charge in [0.1, 0.15) is 0 Å². The summed E-state index contributed by atoms with van der Waals surface area (Å²) in [6.45, 7) is 7.79. The van der Waals surface area contributed by atoms with Gasteiger partial charge in [-0.05, 0) is 32.4 Å². The Hall–Kier alpha value is -0.470. The van der Waals surface area contributed by atoms with Crippen molar-refractivity contribution in [1.82, 2.24) is 5.32 Å². The summed E-state index contributed by atoms with van der Waals surface area (Å²) < 4.78 is 0. The van der Waals surface area contributed by atoms with Crippen molar-refractivity contribution >= 4 is 11.8 Å².